The molecule has 5 aromatic carbocycles. The number of hydrogen-bond acceptors (Lipinski definition) is 3. The molecular weight excluding hydrogens is 1010 g/mol. The van der Waals surface area contributed by atoms with Crippen LogP contribution in [0.4, 0.5) is 0 Å². The van der Waals surface area contributed by atoms with Gasteiger partial charge in [-0.3, -0.25) is 4.98 Å². The summed E-state index contributed by atoms with van der Waals surface area (Å²) in [5.41, 5.74) is 16.1. The number of hydrogen-bond donors (Lipinski definition) is 0. The van der Waals surface area contributed by atoms with Gasteiger partial charge in [0.1, 0.15) is 0 Å². The minimum atomic E-state index is -1.43. The van der Waals surface area contributed by atoms with E-state index in [1.54, 1.807) is 7.11 Å². The van der Waals surface area contributed by atoms with Crippen molar-refractivity contribution in [3.8, 4) is 50.5 Å². The second-order valence-electron chi connectivity index (χ2n) is 18.6. The Morgan fingerprint density at radius 3 is 2.03 bits per heavy atom. The van der Waals surface area contributed by atoms with Gasteiger partial charge in [-0.2, -0.15) is 37.1 Å². The fourth-order valence-corrected chi connectivity index (χ4v) is 12.3. The van der Waals surface area contributed by atoms with Crippen LogP contribution in [0.3, 0.4) is 0 Å². The normalized spacial score (nSPS) is 11.5. The van der Waals surface area contributed by atoms with Crippen molar-refractivity contribution in [2.45, 2.75) is 60.7 Å². The van der Waals surface area contributed by atoms with Gasteiger partial charge in [0.2, 0.25) is 0 Å². The fourth-order valence-electron chi connectivity index (χ4n) is 9.13. The maximum absolute atomic E-state index is 5.39. The van der Waals surface area contributed by atoms with Crippen molar-refractivity contribution in [2.24, 2.45) is 5.92 Å². The maximum atomic E-state index is 5.39. The van der Waals surface area contributed by atoms with E-state index in [1.807, 2.05) is 38.7 Å². The summed E-state index contributed by atoms with van der Waals surface area (Å²) < 4.78 is 11.9. The number of thiophene rings is 1. The predicted molar refractivity (Wildman–Crippen MR) is 276 cm³/mol. The molecule has 0 bridgehead atoms. The van der Waals surface area contributed by atoms with Gasteiger partial charge in [0.15, 0.2) is 0 Å². The first-order valence-electron chi connectivity index (χ1n) is 22.0. The summed E-state index contributed by atoms with van der Waals surface area (Å²) >= 11 is 1.86. The Morgan fingerprint density at radius 1 is 0.662 bits per heavy atom. The van der Waals surface area contributed by atoms with E-state index < -0.39 is 8.07 Å². The zero-order valence-electron chi connectivity index (χ0n) is 39.2. The molecule has 9 rings (SSSR count). The first-order chi connectivity index (χ1) is 30.5. The molecule has 9 aromatic rings. The van der Waals surface area contributed by atoms with E-state index in [9.17, 15) is 0 Å². The summed E-state index contributed by atoms with van der Waals surface area (Å²) in [5, 5.41) is 6.45. The molecule has 7 heteroatoms. The Labute approximate surface area is 405 Å². The van der Waals surface area contributed by atoms with Crippen LogP contribution >= 0.6 is 11.3 Å². The summed E-state index contributed by atoms with van der Waals surface area (Å²) in [6.07, 6.45) is 5.44. The van der Waals surface area contributed by atoms with Crippen LogP contribution in [0.2, 0.25) is 19.6 Å². The quantitative estimate of drug-likeness (QED) is 0.0862. The van der Waals surface area contributed by atoms with E-state index in [4.69, 9.17) is 4.74 Å². The van der Waals surface area contributed by atoms with Crippen molar-refractivity contribution in [2.75, 3.05) is 7.11 Å². The van der Waals surface area contributed by atoms with Crippen LogP contribution in [0.1, 0.15) is 47.5 Å². The number of aryl methyl sites for hydroxylation is 3. The third-order valence-electron chi connectivity index (χ3n) is 12.1. The van der Waals surface area contributed by atoms with Crippen LogP contribution in [0, 0.1) is 54.6 Å². The van der Waals surface area contributed by atoms with E-state index in [1.165, 1.54) is 69.5 Å². The molecule has 4 nitrogen and oxygen atoms in total. The molecule has 0 unspecified atom stereocenters. The molecular formula is C58H59IrN3OSSi-2. The monoisotopic (exact) mass is 1070 g/mol. The zero-order valence-corrected chi connectivity index (χ0v) is 43.4. The van der Waals surface area contributed by atoms with Crippen LogP contribution < -0.4 is 19.1 Å². The predicted octanol–water partition coefficient (Wildman–Crippen LogP) is 13.9. The van der Waals surface area contributed by atoms with Gasteiger partial charge in [-0.15, -0.1) is 16.9 Å². The number of ether oxygens (including phenoxy) is 1. The molecule has 0 atom stereocenters. The van der Waals surface area contributed by atoms with Crippen LogP contribution in [-0.2, 0) is 26.5 Å². The second kappa shape index (κ2) is 19.0. The Bertz CT molecular complexity index is 3210. The molecule has 0 N–H and O–H groups in total. The molecule has 4 aromatic heterocycles. The first kappa shape index (κ1) is 47.1. The van der Waals surface area contributed by atoms with E-state index >= 15 is 0 Å². The number of rotatable bonds is 8. The van der Waals surface area contributed by atoms with Crippen molar-refractivity contribution >= 4 is 55.5 Å². The molecule has 0 aliphatic carbocycles. The number of methoxy groups -OCH3 is 1. The van der Waals surface area contributed by atoms with Crippen molar-refractivity contribution in [3.05, 3.63) is 189 Å². The topological polar surface area (TPSA) is 29.9 Å². The molecule has 0 spiro atoms. The van der Waals surface area contributed by atoms with E-state index in [2.05, 4.69) is 197 Å². The molecule has 0 aliphatic rings. The third-order valence-corrected chi connectivity index (χ3v) is 15.4. The molecule has 0 amide bonds. The minimum Gasteiger partial charge on any atom is -0.499 e. The van der Waals surface area contributed by atoms with Crippen LogP contribution in [-0.4, -0.2) is 20.2 Å². The van der Waals surface area contributed by atoms with Crippen molar-refractivity contribution in [1.29, 1.82) is 0 Å². The van der Waals surface area contributed by atoms with Crippen LogP contribution in [0.25, 0.3) is 75.7 Å². The number of aromatic nitrogens is 3. The Hall–Kier alpha value is -5.82. The smallest absolute Gasteiger partial charge is 0.0941 e. The van der Waals surface area contributed by atoms with Gasteiger partial charge in [0.05, 0.1) is 44.7 Å². The standard InChI is InChI=1S/C37H29N2S.C21H30NOSi.Ir/c1-22-16-23(2)35(33-20-27-10-6-7-11-29(27)21-39(33)5)37-34(22)32-15-9-14-31(36(32)40-37)28-13-8-12-26(19-28)30-17-24(3)38-25(4)18-30;1-15(2)11-17-12-20(22(4)14-21(17)24(6,7)8)19-13-18(23-5)10-9-16(19)3;/h6-21H,2,5H2,1,3-4H3;9-10,12-15H,3-4,11H2,1-2,5-8H3;/q2*-1;. The van der Waals surface area contributed by atoms with E-state index in [-0.39, 0.29) is 20.1 Å². The van der Waals surface area contributed by atoms with Crippen LogP contribution in [0.15, 0.2) is 128 Å². The molecule has 65 heavy (non-hydrogen) atoms. The SMILES string of the molecule is [CH2-]c1cc(C)c2c(sc3c(-c4cccc(-c5cc(C)nc(C)c5)c4)cccc32)c1-c1cc2ccccc2c[n+]1[CH2-].[CH2-]c1ccc(OC)cc1-c1cc(CC(C)C)c([Si](C)(C)C)c[n+]1[CH2-].[Ir]. The largest absolute Gasteiger partial charge is 0.499 e. The number of fused-ring (bicyclic) bond motifs is 4. The number of pyridine rings is 3. The first-order valence-corrected chi connectivity index (χ1v) is 26.3. The Balaban J connectivity index is 0.000000217. The number of benzene rings is 5. The summed E-state index contributed by atoms with van der Waals surface area (Å²) in [4.78, 5) is 4.57. The summed E-state index contributed by atoms with van der Waals surface area (Å²) in [6.45, 7) is 26.7. The van der Waals surface area contributed by atoms with Gasteiger partial charge in [-0.25, -0.2) is 0 Å². The van der Waals surface area contributed by atoms with Gasteiger partial charge in [0, 0.05) is 50.3 Å². The van der Waals surface area contributed by atoms with Crippen molar-refractivity contribution in [1.82, 2.24) is 4.98 Å². The number of nitrogens with zero attached hydrogens (tertiary/aromatic N) is 3. The van der Waals surface area contributed by atoms with Gasteiger partial charge < -0.3 is 13.9 Å². The molecule has 4 heterocycles. The van der Waals surface area contributed by atoms with Crippen molar-refractivity contribution in [3.63, 3.8) is 0 Å². The molecule has 0 saturated heterocycles. The van der Waals surface area contributed by atoms with Gasteiger partial charge in [0.25, 0.3) is 0 Å². The molecule has 0 saturated carbocycles. The summed E-state index contributed by atoms with van der Waals surface area (Å²) in [6, 6.07) is 41.1. The molecule has 1 radical (unpaired) electrons. The van der Waals surface area contributed by atoms with Gasteiger partial charge in [-0.05, 0) is 98.1 Å². The van der Waals surface area contributed by atoms with Crippen molar-refractivity contribution < 1.29 is 34.0 Å². The zero-order chi connectivity index (χ0) is 45.6. The van der Waals surface area contributed by atoms with E-state index in [0.717, 1.165) is 57.2 Å². The Morgan fingerprint density at radius 2 is 1.34 bits per heavy atom. The molecule has 333 valence electrons. The average molecular weight is 1070 g/mol. The molecule has 0 aliphatic heterocycles. The fraction of sp³-hybridized carbons (Fsp3) is 0.190. The molecule has 0 fully saturated rings. The average Bonchev–Trinajstić information content (AvgIpc) is 3.64. The maximum Gasteiger partial charge on any atom is 0.0941 e. The van der Waals surface area contributed by atoms with Gasteiger partial charge >= 0.3 is 0 Å². The summed E-state index contributed by atoms with van der Waals surface area (Å²) in [5.74, 6) is 1.47. The van der Waals surface area contributed by atoms with Crippen LogP contribution in [0.5, 0.6) is 5.75 Å². The Kier molecular flexibility index (Phi) is 13.7. The minimum absolute atomic E-state index is 0. The van der Waals surface area contributed by atoms with Gasteiger partial charge in [-0.1, -0.05) is 142 Å². The third kappa shape index (κ3) is 9.62. The second-order valence-corrected chi connectivity index (χ2v) is 24.7. The van der Waals surface area contributed by atoms with E-state index in [0.29, 0.717) is 5.92 Å². The summed E-state index contributed by atoms with van der Waals surface area (Å²) in [7, 11) is 8.90.